The Morgan fingerprint density at radius 1 is 1.64 bits per heavy atom. The Labute approximate surface area is 86.2 Å². The molecule has 0 aliphatic heterocycles. The van der Waals surface area contributed by atoms with Crippen LogP contribution in [0.15, 0.2) is 18.5 Å². The average molecular weight is 190 g/mol. The first kappa shape index (κ1) is 17.4. The summed E-state index contributed by atoms with van der Waals surface area (Å²) in [5.74, 6) is 0. The molecular weight excluding hydrogens is 182 g/mol. The van der Waals surface area contributed by atoms with Gasteiger partial charge in [-0.1, -0.05) is 0 Å². The fraction of sp³-hybridized carbons (Fsp3) is 0. The summed E-state index contributed by atoms with van der Waals surface area (Å²) < 4.78 is 8.63. The van der Waals surface area contributed by atoms with Crippen LogP contribution in [0.5, 0.6) is 0 Å². The van der Waals surface area contributed by atoms with Crippen molar-refractivity contribution in [3.63, 3.8) is 0 Å². The van der Waals surface area contributed by atoms with Crippen molar-refractivity contribution in [3.8, 4) is 0 Å². The Morgan fingerprint density at radius 2 is 2.09 bits per heavy atom. The maximum absolute atomic E-state index is 8.63. The molecule has 8 heteroatoms. The van der Waals surface area contributed by atoms with Crippen LogP contribution in [0.2, 0.25) is 0 Å². The van der Waals surface area contributed by atoms with Crippen LogP contribution in [0, 0.1) is 0 Å². The molecule has 1 aromatic rings. The normalized spacial score (nSPS) is 9.27. The number of aromatic amines is 1. The van der Waals surface area contributed by atoms with E-state index in [1.807, 2.05) is 6.07 Å². The van der Waals surface area contributed by atoms with E-state index in [9.17, 15) is 0 Å². The fourth-order valence-corrected chi connectivity index (χ4v) is 0.215. The molecule has 0 saturated carbocycles. The molecule has 0 saturated heterocycles. The predicted molar refractivity (Wildman–Crippen MR) is 33.4 cm³/mol. The number of aromatic nitrogens is 2. The quantitative estimate of drug-likeness (QED) is 0.315. The van der Waals surface area contributed by atoms with Crippen molar-refractivity contribution < 1.29 is 49.4 Å². The Kier molecular flexibility index (Phi) is 20.5. The summed E-state index contributed by atoms with van der Waals surface area (Å²) in [5.41, 5.74) is 0. The number of nitrogens with one attached hydrogen (secondary N) is 1. The summed E-state index contributed by atoms with van der Waals surface area (Å²) in [6.45, 7) is 0. The summed E-state index contributed by atoms with van der Waals surface area (Å²) in [6.07, 6.45) is 3.46. The van der Waals surface area contributed by atoms with Gasteiger partial charge in [-0.3, -0.25) is 5.10 Å². The predicted octanol–water partition coefficient (Wildman–Crippen LogP) is -4.68. The first-order chi connectivity index (χ1) is 4.23. The van der Waals surface area contributed by atoms with Gasteiger partial charge in [-0.15, -0.1) is 0 Å². The first-order valence-corrected chi connectivity index (χ1v) is 3.33. The molecule has 60 valence electrons. The molecule has 11 heavy (non-hydrogen) atoms. The van der Waals surface area contributed by atoms with Crippen LogP contribution in [0.25, 0.3) is 0 Å². The molecule has 4 N–H and O–H groups in total. The minimum absolute atomic E-state index is 0. The molecule has 1 rings (SSSR count). The van der Waals surface area contributed by atoms with E-state index in [1.54, 1.807) is 12.4 Å². The number of nitrogens with zero attached hydrogens (tertiary/aromatic N) is 1. The minimum Gasteiger partial charge on any atom is -0.781 e. The number of rotatable bonds is 0. The van der Waals surface area contributed by atoms with E-state index in [4.69, 9.17) is 14.4 Å². The van der Waals surface area contributed by atoms with Gasteiger partial charge >= 0.3 is 29.6 Å². The van der Waals surface area contributed by atoms with Gasteiger partial charge in [0.15, 0.2) is 0 Å². The van der Waals surface area contributed by atoms with Crippen molar-refractivity contribution in [2.24, 2.45) is 0 Å². The van der Waals surface area contributed by atoms with Crippen molar-refractivity contribution in [2.45, 2.75) is 0 Å². The number of hydrogen-bond acceptors (Lipinski definition) is 3. The van der Waals surface area contributed by atoms with Gasteiger partial charge in [0.25, 0.3) is 0 Å². The molecule has 0 aliphatic carbocycles. The Hall–Kier alpha value is 0.320. The summed E-state index contributed by atoms with van der Waals surface area (Å²) in [7, 11) is -3.38. The molecule has 1 unspecified atom stereocenters. The maximum atomic E-state index is 8.63. The molecule has 0 amide bonds. The number of hydrogen-bond donors (Lipinski definition) is 2. The van der Waals surface area contributed by atoms with Crippen molar-refractivity contribution >= 4 is 8.25 Å². The van der Waals surface area contributed by atoms with Gasteiger partial charge in [0.1, 0.15) is 8.25 Å². The van der Waals surface area contributed by atoms with Crippen LogP contribution >= 0.6 is 8.25 Å². The smallest absolute Gasteiger partial charge is 0.781 e. The monoisotopic (exact) mass is 190 g/mol. The van der Waals surface area contributed by atoms with Crippen LogP contribution in [0.3, 0.4) is 0 Å². The van der Waals surface area contributed by atoms with Crippen molar-refractivity contribution in [3.05, 3.63) is 18.5 Å². The van der Waals surface area contributed by atoms with E-state index < -0.39 is 8.25 Å². The van der Waals surface area contributed by atoms with E-state index in [-0.39, 0.29) is 35.0 Å². The molecule has 6 nitrogen and oxygen atoms in total. The first-order valence-electron chi connectivity index (χ1n) is 2.07. The molecule has 1 atom stereocenters. The molecule has 0 fully saturated rings. The van der Waals surface area contributed by atoms with Gasteiger partial charge < -0.3 is 19.8 Å². The number of H-pyrrole nitrogens is 1. The van der Waals surface area contributed by atoms with Gasteiger partial charge in [0.05, 0.1) is 0 Å². The van der Waals surface area contributed by atoms with Gasteiger partial charge in [-0.2, -0.15) is 5.10 Å². The van der Waals surface area contributed by atoms with Crippen LogP contribution in [-0.2, 0) is 4.57 Å². The third kappa shape index (κ3) is 25.2. The molecule has 1 heterocycles. The van der Waals surface area contributed by atoms with Crippen LogP contribution in [0.1, 0.15) is 0 Å². The minimum atomic E-state index is -3.38. The summed E-state index contributed by atoms with van der Waals surface area (Å²) in [4.78, 5) is 15.7. The van der Waals surface area contributed by atoms with Gasteiger partial charge in [0, 0.05) is 12.4 Å². The molecule has 0 bridgehead atoms. The van der Waals surface area contributed by atoms with E-state index >= 15 is 0 Å². The molecule has 0 spiro atoms. The molecule has 0 radical (unpaired) electrons. The third-order valence-corrected chi connectivity index (χ3v) is 0.406. The van der Waals surface area contributed by atoms with E-state index in [2.05, 4.69) is 10.2 Å². The van der Waals surface area contributed by atoms with Crippen molar-refractivity contribution in [1.82, 2.24) is 10.2 Å². The van der Waals surface area contributed by atoms with E-state index in [0.29, 0.717) is 0 Å². The zero-order chi connectivity index (χ0) is 7.11. The second-order valence-corrected chi connectivity index (χ2v) is 1.56. The summed E-state index contributed by atoms with van der Waals surface area (Å²) >= 11 is 0. The Morgan fingerprint density at radius 3 is 2.18 bits per heavy atom. The fourth-order valence-electron chi connectivity index (χ4n) is 0.215. The van der Waals surface area contributed by atoms with E-state index in [1.165, 1.54) is 0 Å². The third-order valence-electron chi connectivity index (χ3n) is 0.406. The molecular formula is C3H8N2NaO4P. The zero-order valence-electron chi connectivity index (χ0n) is 5.94. The maximum Gasteiger partial charge on any atom is 1.00 e. The van der Waals surface area contributed by atoms with Gasteiger partial charge in [-0.25, -0.2) is 0 Å². The summed E-state index contributed by atoms with van der Waals surface area (Å²) in [5, 5.41) is 6.21. The van der Waals surface area contributed by atoms with Gasteiger partial charge in [0.2, 0.25) is 0 Å². The van der Waals surface area contributed by atoms with Crippen molar-refractivity contribution in [1.29, 1.82) is 0 Å². The Balaban J connectivity index is -0.000000101. The van der Waals surface area contributed by atoms with Gasteiger partial charge in [-0.05, 0) is 6.07 Å². The topological polar surface area (TPSA) is 121 Å². The Bertz CT molecular complexity index is 137. The van der Waals surface area contributed by atoms with E-state index in [0.717, 1.165) is 0 Å². The second-order valence-electron chi connectivity index (χ2n) is 1.03. The molecule has 1 aromatic heterocycles. The van der Waals surface area contributed by atoms with Crippen molar-refractivity contribution in [2.75, 3.05) is 0 Å². The standard InChI is InChI=1S/C3H4N2.Na.H3O3P.H2O/c1-2-4-5-3-1;;1-4(2)3;/h1-3H,(H,4,5);;4H,(H2,1,2,3);1H2/q;+1;;/p-1. The second kappa shape index (κ2) is 12.9. The molecule has 0 aliphatic rings. The van der Waals surface area contributed by atoms with Crippen LogP contribution < -0.4 is 34.5 Å². The van der Waals surface area contributed by atoms with Crippen LogP contribution in [-0.4, -0.2) is 20.6 Å². The average Bonchev–Trinajstić information content (AvgIpc) is 2.11. The van der Waals surface area contributed by atoms with Crippen LogP contribution in [0.4, 0.5) is 0 Å². The SMILES string of the molecule is O.O=[PH]([O-])O.[Na+].c1cn[nH]c1. The largest absolute Gasteiger partial charge is 1.00 e. The molecule has 0 aromatic carbocycles. The zero-order valence-corrected chi connectivity index (χ0v) is 8.94. The summed E-state index contributed by atoms with van der Waals surface area (Å²) in [6, 6.07) is 1.83.